The number of fused-ring (bicyclic) bond motifs is 1. The molecule has 0 aliphatic rings. The van der Waals surface area contributed by atoms with E-state index in [0.29, 0.717) is 23.4 Å². The lowest BCUT2D eigenvalue weighted by atomic mass is 10.0. The summed E-state index contributed by atoms with van der Waals surface area (Å²) in [4.78, 5) is 21.8. The van der Waals surface area contributed by atoms with E-state index in [0.717, 1.165) is 22.0 Å². The van der Waals surface area contributed by atoms with Crippen molar-refractivity contribution < 1.29 is 4.79 Å². The Morgan fingerprint density at radius 1 is 1.04 bits per heavy atom. The number of nitrogens with zero attached hydrogens (tertiary/aromatic N) is 3. The summed E-state index contributed by atoms with van der Waals surface area (Å²) in [7, 11) is 0. The van der Waals surface area contributed by atoms with Crippen molar-refractivity contribution in [3.05, 3.63) is 90.3 Å². The van der Waals surface area contributed by atoms with Crippen LogP contribution in [-0.4, -0.2) is 15.9 Å². The average molecular weight is 364 g/mol. The molecule has 2 aromatic heterocycles. The van der Waals surface area contributed by atoms with Gasteiger partial charge in [-0.2, -0.15) is 5.26 Å². The molecule has 1 N–H and O–H groups in total. The second kappa shape index (κ2) is 7.68. The van der Waals surface area contributed by atoms with Crippen LogP contribution < -0.4 is 5.32 Å². The Morgan fingerprint density at radius 3 is 2.61 bits per heavy atom. The fraction of sp³-hybridized carbons (Fsp3) is 0.0435. The molecule has 134 valence electrons. The molecule has 2 aromatic carbocycles. The van der Waals surface area contributed by atoms with Gasteiger partial charge in [0.15, 0.2) is 0 Å². The summed E-state index contributed by atoms with van der Waals surface area (Å²) >= 11 is 0. The summed E-state index contributed by atoms with van der Waals surface area (Å²) in [5.41, 5.74) is 4.43. The van der Waals surface area contributed by atoms with Crippen LogP contribution in [0, 0.1) is 11.3 Å². The number of nitriles is 1. The zero-order valence-electron chi connectivity index (χ0n) is 15.0. The van der Waals surface area contributed by atoms with E-state index in [9.17, 15) is 4.79 Å². The van der Waals surface area contributed by atoms with Gasteiger partial charge in [0.1, 0.15) is 0 Å². The van der Waals surface area contributed by atoms with Crippen molar-refractivity contribution >= 4 is 22.5 Å². The highest BCUT2D eigenvalue weighted by molar-refractivity contribution is 6.13. The van der Waals surface area contributed by atoms with Crippen molar-refractivity contribution in [3.8, 4) is 17.3 Å². The van der Waals surface area contributed by atoms with Gasteiger partial charge in [0.2, 0.25) is 0 Å². The molecule has 1 amide bonds. The molecule has 5 nitrogen and oxygen atoms in total. The highest BCUT2D eigenvalue weighted by Gasteiger charge is 2.14. The molecule has 0 atom stereocenters. The lowest BCUT2D eigenvalue weighted by Gasteiger charge is -2.11. The maximum Gasteiger partial charge on any atom is 0.256 e. The molecule has 5 heteroatoms. The summed E-state index contributed by atoms with van der Waals surface area (Å²) in [6.07, 6.45) is 3.78. The molecule has 0 bridgehead atoms. The molecule has 0 radical (unpaired) electrons. The number of carbonyl (C=O) groups is 1. The Bertz CT molecular complexity index is 1180. The quantitative estimate of drug-likeness (QED) is 0.573. The SMILES string of the molecule is N#CCc1ccc(NC(=O)c2cc(-c3cccnc3)nc3ccccc23)cc1. The average Bonchev–Trinajstić information content (AvgIpc) is 2.75. The number of hydrogen-bond donors (Lipinski definition) is 1. The van der Waals surface area contributed by atoms with Crippen LogP contribution in [0.5, 0.6) is 0 Å². The molecule has 0 saturated heterocycles. The monoisotopic (exact) mass is 364 g/mol. The van der Waals surface area contributed by atoms with Gasteiger partial charge in [-0.3, -0.25) is 9.78 Å². The zero-order valence-corrected chi connectivity index (χ0v) is 15.0. The van der Waals surface area contributed by atoms with Crippen molar-refractivity contribution in [2.24, 2.45) is 0 Å². The standard InChI is InChI=1S/C23H16N4O/c24-12-11-16-7-9-18(10-8-16)26-23(28)20-14-22(17-4-3-13-25-15-17)27-21-6-2-1-5-19(20)21/h1-10,13-15H,11H2,(H,26,28). The first-order valence-corrected chi connectivity index (χ1v) is 8.82. The number of rotatable bonds is 4. The van der Waals surface area contributed by atoms with Crippen molar-refractivity contribution in [2.45, 2.75) is 6.42 Å². The van der Waals surface area contributed by atoms with E-state index in [4.69, 9.17) is 5.26 Å². The maximum absolute atomic E-state index is 13.0. The topological polar surface area (TPSA) is 78.7 Å². The summed E-state index contributed by atoms with van der Waals surface area (Å²) in [5, 5.41) is 12.5. The number of para-hydroxylation sites is 1. The highest BCUT2D eigenvalue weighted by atomic mass is 16.1. The number of benzene rings is 2. The van der Waals surface area contributed by atoms with Crippen molar-refractivity contribution in [2.75, 3.05) is 5.32 Å². The molecule has 0 aliphatic heterocycles. The minimum Gasteiger partial charge on any atom is -0.322 e. The van der Waals surface area contributed by atoms with Crippen LogP contribution >= 0.6 is 0 Å². The van der Waals surface area contributed by atoms with Gasteiger partial charge in [-0.15, -0.1) is 0 Å². The minimum absolute atomic E-state index is 0.211. The van der Waals surface area contributed by atoms with Gasteiger partial charge in [-0.25, -0.2) is 4.98 Å². The van der Waals surface area contributed by atoms with Crippen molar-refractivity contribution in [1.82, 2.24) is 9.97 Å². The van der Waals surface area contributed by atoms with Gasteiger partial charge in [0.25, 0.3) is 5.91 Å². The Balaban J connectivity index is 1.72. The maximum atomic E-state index is 13.0. The molecule has 0 spiro atoms. The lowest BCUT2D eigenvalue weighted by Crippen LogP contribution is -2.13. The molecule has 0 unspecified atom stereocenters. The first kappa shape index (κ1) is 17.4. The Kier molecular flexibility index (Phi) is 4.77. The van der Waals surface area contributed by atoms with E-state index in [2.05, 4.69) is 21.4 Å². The molecule has 0 saturated carbocycles. The molecular formula is C23H16N4O. The van der Waals surface area contributed by atoms with Gasteiger partial charge in [0, 0.05) is 29.0 Å². The summed E-state index contributed by atoms with van der Waals surface area (Å²) in [5.74, 6) is -0.211. The second-order valence-electron chi connectivity index (χ2n) is 6.30. The third-order valence-corrected chi connectivity index (χ3v) is 4.41. The number of carbonyl (C=O) groups excluding carboxylic acids is 1. The highest BCUT2D eigenvalue weighted by Crippen LogP contribution is 2.25. The predicted molar refractivity (Wildman–Crippen MR) is 109 cm³/mol. The normalized spacial score (nSPS) is 10.4. The zero-order chi connectivity index (χ0) is 19.3. The number of aromatic nitrogens is 2. The molecule has 2 heterocycles. The summed E-state index contributed by atoms with van der Waals surface area (Å²) < 4.78 is 0. The van der Waals surface area contributed by atoms with Crippen molar-refractivity contribution in [1.29, 1.82) is 5.26 Å². The van der Waals surface area contributed by atoms with Crippen LogP contribution in [0.1, 0.15) is 15.9 Å². The molecule has 0 aliphatic carbocycles. The van der Waals surface area contributed by atoms with Gasteiger partial charge < -0.3 is 5.32 Å². The Labute approximate surface area is 162 Å². The smallest absolute Gasteiger partial charge is 0.256 e. The van der Waals surface area contributed by atoms with Gasteiger partial charge in [-0.05, 0) is 42.0 Å². The third-order valence-electron chi connectivity index (χ3n) is 4.41. The first-order valence-electron chi connectivity index (χ1n) is 8.82. The molecule has 28 heavy (non-hydrogen) atoms. The minimum atomic E-state index is -0.211. The van der Waals surface area contributed by atoms with Crippen LogP contribution in [0.15, 0.2) is 79.1 Å². The Hall–Kier alpha value is -4.04. The summed E-state index contributed by atoms with van der Waals surface area (Å²) in [6.45, 7) is 0. The van der Waals surface area contributed by atoms with E-state index >= 15 is 0 Å². The fourth-order valence-electron chi connectivity index (χ4n) is 3.02. The van der Waals surface area contributed by atoms with Gasteiger partial charge in [-0.1, -0.05) is 30.3 Å². The van der Waals surface area contributed by atoms with E-state index in [1.54, 1.807) is 30.6 Å². The van der Waals surface area contributed by atoms with E-state index < -0.39 is 0 Å². The predicted octanol–water partition coefficient (Wildman–Crippen LogP) is 4.62. The van der Waals surface area contributed by atoms with Crippen molar-refractivity contribution in [3.63, 3.8) is 0 Å². The number of amides is 1. The van der Waals surface area contributed by atoms with E-state index in [1.807, 2.05) is 48.5 Å². The number of nitrogens with one attached hydrogen (secondary N) is 1. The van der Waals surface area contributed by atoms with Crippen LogP contribution in [0.2, 0.25) is 0 Å². The van der Waals surface area contributed by atoms with Crippen LogP contribution in [-0.2, 0) is 6.42 Å². The number of pyridine rings is 2. The third kappa shape index (κ3) is 3.57. The van der Waals surface area contributed by atoms with E-state index in [1.165, 1.54) is 0 Å². The van der Waals surface area contributed by atoms with E-state index in [-0.39, 0.29) is 5.91 Å². The first-order chi connectivity index (χ1) is 13.7. The summed E-state index contributed by atoms with van der Waals surface area (Å²) in [6, 6.07) is 22.5. The van der Waals surface area contributed by atoms with Gasteiger partial charge >= 0.3 is 0 Å². The number of anilines is 1. The largest absolute Gasteiger partial charge is 0.322 e. The fourth-order valence-corrected chi connectivity index (χ4v) is 3.02. The molecule has 0 fully saturated rings. The van der Waals surface area contributed by atoms with Crippen LogP contribution in [0.25, 0.3) is 22.2 Å². The molecular weight excluding hydrogens is 348 g/mol. The second-order valence-corrected chi connectivity index (χ2v) is 6.30. The van der Waals surface area contributed by atoms with Crippen LogP contribution in [0.3, 0.4) is 0 Å². The lowest BCUT2D eigenvalue weighted by molar-refractivity contribution is 0.102. The number of hydrogen-bond acceptors (Lipinski definition) is 4. The van der Waals surface area contributed by atoms with Gasteiger partial charge in [0.05, 0.1) is 29.3 Å². The Morgan fingerprint density at radius 2 is 1.86 bits per heavy atom. The molecule has 4 rings (SSSR count). The molecule has 4 aromatic rings. The van der Waals surface area contributed by atoms with Crippen LogP contribution in [0.4, 0.5) is 5.69 Å².